The van der Waals surface area contributed by atoms with Gasteiger partial charge in [-0.1, -0.05) is 11.8 Å². The van der Waals surface area contributed by atoms with Gasteiger partial charge in [-0.3, -0.25) is 4.79 Å². The van der Waals surface area contributed by atoms with Gasteiger partial charge in [-0.2, -0.15) is 13.2 Å². The molecule has 2 aromatic heterocycles. The van der Waals surface area contributed by atoms with Crippen LogP contribution in [0.25, 0.3) is 0 Å². The van der Waals surface area contributed by atoms with Gasteiger partial charge in [0.2, 0.25) is 0 Å². The number of hydrogen-bond donors (Lipinski definition) is 1. The molecule has 31 heavy (non-hydrogen) atoms. The number of aromatic nitrogens is 2. The zero-order chi connectivity index (χ0) is 21.8. The third-order valence-corrected chi connectivity index (χ3v) is 6.03. The van der Waals surface area contributed by atoms with Crippen LogP contribution in [0.15, 0.2) is 27.8 Å². The average Bonchev–Trinajstić information content (AvgIpc) is 3.52. The van der Waals surface area contributed by atoms with Gasteiger partial charge in [0.1, 0.15) is 11.6 Å². The van der Waals surface area contributed by atoms with Crippen LogP contribution in [0.3, 0.4) is 0 Å². The summed E-state index contributed by atoms with van der Waals surface area (Å²) in [6.07, 6.45) is -0.769. The highest BCUT2D eigenvalue weighted by molar-refractivity contribution is 7.98. The van der Waals surface area contributed by atoms with E-state index in [-0.39, 0.29) is 34.5 Å². The van der Waals surface area contributed by atoms with E-state index in [4.69, 9.17) is 9.15 Å². The van der Waals surface area contributed by atoms with E-state index in [9.17, 15) is 18.0 Å². The number of amides is 1. The van der Waals surface area contributed by atoms with Crippen molar-refractivity contribution in [2.45, 2.75) is 48.9 Å². The van der Waals surface area contributed by atoms with Crippen molar-refractivity contribution in [2.24, 2.45) is 0 Å². The SMILES string of the molecule is O=C(NCC1CCCO1)c1ccc(CSc2nc(N3CCCC3)cc(C(F)(F)F)n2)o1. The molecule has 0 aliphatic carbocycles. The first-order chi connectivity index (χ1) is 14.9. The summed E-state index contributed by atoms with van der Waals surface area (Å²) in [6, 6.07) is 4.17. The quantitative estimate of drug-likeness (QED) is 0.500. The van der Waals surface area contributed by atoms with Crippen molar-refractivity contribution < 1.29 is 27.1 Å². The molecule has 0 saturated carbocycles. The number of carbonyl (C=O) groups is 1. The Hall–Kier alpha value is -2.27. The molecular formula is C20H23F3N4O3S. The number of thioether (sulfide) groups is 1. The van der Waals surface area contributed by atoms with E-state index in [1.165, 1.54) is 0 Å². The minimum atomic E-state index is -4.55. The van der Waals surface area contributed by atoms with Crippen molar-refractivity contribution in [3.05, 3.63) is 35.4 Å². The highest BCUT2D eigenvalue weighted by Gasteiger charge is 2.34. The molecule has 0 aromatic carbocycles. The molecule has 7 nitrogen and oxygen atoms in total. The predicted octanol–water partition coefficient (Wildman–Crippen LogP) is 3.89. The first-order valence-electron chi connectivity index (χ1n) is 10.2. The molecule has 4 heterocycles. The fraction of sp³-hybridized carbons (Fsp3) is 0.550. The Morgan fingerprint density at radius 1 is 1.23 bits per heavy atom. The van der Waals surface area contributed by atoms with Crippen molar-refractivity contribution in [3.8, 4) is 0 Å². The molecule has 0 spiro atoms. The van der Waals surface area contributed by atoms with E-state index in [2.05, 4.69) is 15.3 Å². The van der Waals surface area contributed by atoms with Crippen LogP contribution in [0.5, 0.6) is 0 Å². The largest absolute Gasteiger partial charge is 0.455 e. The Labute approximate surface area is 181 Å². The molecule has 168 valence electrons. The van der Waals surface area contributed by atoms with Crippen LogP contribution in [0.1, 0.15) is 47.7 Å². The Balaban J connectivity index is 1.39. The van der Waals surface area contributed by atoms with Crippen LogP contribution in [0.4, 0.5) is 19.0 Å². The van der Waals surface area contributed by atoms with Gasteiger partial charge in [-0.15, -0.1) is 0 Å². The number of carbonyl (C=O) groups excluding carboxylic acids is 1. The summed E-state index contributed by atoms with van der Waals surface area (Å²) >= 11 is 1.04. The lowest BCUT2D eigenvalue weighted by atomic mass is 10.2. The molecule has 2 aromatic rings. The number of ether oxygens (including phenoxy) is 1. The average molecular weight is 456 g/mol. The number of nitrogens with zero attached hydrogens (tertiary/aromatic N) is 3. The molecule has 1 amide bonds. The van der Waals surface area contributed by atoms with E-state index in [1.807, 2.05) is 4.90 Å². The van der Waals surface area contributed by atoms with Crippen molar-refractivity contribution in [1.82, 2.24) is 15.3 Å². The predicted molar refractivity (Wildman–Crippen MR) is 108 cm³/mol. The number of rotatable bonds is 7. The summed E-state index contributed by atoms with van der Waals surface area (Å²) in [6.45, 7) is 2.49. The second-order valence-corrected chi connectivity index (χ2v) is 8.43. The van der Waals surface area contributed by atoms with Gasteiger partial charge >= 0.3 is 6.18 Å². The van der Waals surface area contributed by atoms with Crippen molar-refractivity contribution in [1.29, 1.82) is 0 Å². The van der Waals surface area contributed by atoms with Gasteiger partial charge in [0, 0.05) is 32.3 Å². The summed E-state index contributed by atoms with van der Waals surface area (Å²) in [5.41, 5.74) is -0.958. The highest BCUT2D eigenvalue weighted by atomic mass is 32.2. The van der Waals surface area contributed by atoms with E-state index >= 15 is 0 Å². The normalized spacial score (nSPS) is 19.2. The second-order valence-electron chi connectivity index (χ2n) is 7.49. The first-order valence-corrected chi connectivity index (χ1v) is 11.2. The number of anilines is 1. The molecule has 11 heteroatoms. The van der Waals surface area contributed by atoms with Crippen LogP contribution in [-0.2, 0) is 16.7 Å². The minimum absolute atomic E-state index is 0.0248. The third kappa shape index (κ3) is 5.70. The van der Waals surface area contributed by atoms with Gasteiger partial charge in [0.15, 0.2) is 16.6 Å². The van der Waals surface area contributed by atoms with E-state index in [0.717, 1.165) is 43.5 Å². The van der Waals surface area contributed by atoms with Gasteiger partial charge in [-0.25, -0.2) is 9.97 Å². The van der Waals surface area contributed by atoms with Crippen LogP contribution < -0.4 is 10.2 Å². The third-order valence-electron chi connectivity index (χ3n) is 5.16. The molecule has 0 bridgehead atoms. The number of halogens is 3. The summed E-state index contributed by atoms with van der Waals surface area (Å²) < 4.78 is 50.9. The fourth-order valence-corrected chi connectivity index (χ4v) is 4.29. The Morgan fingerprint density at radius 3 is 2.74 bits per heavy atom. The highest BCUT2D eigenvalue weighted by Crippen LogP contribution is 2.33. The molecule has 1 unspecified atom stereocenters. The standard InChI is InChI=1S/C20H23F3N4O3S/c21-20(22,23)16-10-17(27-7-1-2-8-27)26-19(25-16)31-12-14-5-6-15(30-14)18(28)24-11-13-4-3-9-29-13/h5-6,10,13H,1-4,7-9,11-12H2,(H,24,28). The van der Waals surface area contributed by atoms with Crippen LogP contribution in [0, 0.1) is 0 Å². The molecule has 2 saturated heterocycles. The van der Waals surface area contributed by atoms with E-state index in [1.54, 1.807) is 12.1 Å². The summed E-state index contributed by atoms with van der Waals surface area (Å²) in [4.78, 5) is 22.0. The van der Waals surface area contributed by atoms with Crippen molar-refractivity contribution in [3.63, 3.8) is 0 Å². The Bertz CT molecular complexity index is 909. The molecular weight excluding hydrogens is 433 g/mol. The van der Waals surface area contributed by atoms with Gasteiger partial charge in [0.05, 0.1) is 11.9 Å². The van der Waals surface area contributed by atoms with Gasteiger partial charge in [-0.05, 0) is 37.8 Å². The number of alkyl halides is 3. The number of nitrogens with one attached hydrogen (secondary N) is 1. The van der Waals surface area contributed by atoms with Crippen molar-refractivity contribution >= 4 is 23.5 Å². The van der Waals surface area contributed by atoms with Crippen molar-refractivity contribution in [2.75, 3.05) is 31.1 Å². The molecule has 1 N–H and O–H groups in total. The zero-order valence-corrected chi connectivity index (χ0v) is 17.6. The molecule has 0 radical (unpaired) electrons. The zero-order valence-electron chi connectivity index (χ0n) is 16.8. The molecule has 2 aliphatic rings. The second kappa shape index (κ2) is 9.47. The van der Waals surface area contributed by atoms with Gasteiger partial charge < -0.3 is 19.4 Å². The first kappa shape index (κ1) is 21.9. The van der Waals surface area contributed by atoms with E-state index in [0.29, 0.717) is 32.0 Å². The lowest BCUT2D eigenvalue weighted by Gasteiger charge is -2.18. The summed E-state index contributed by atoms with van der Waals surface area (Å²) in [5.74, 6) is 0.751. The summed E-state index contributed by atoms with van der Waals surface area (Å²) in [7, 11) is 0. The number of furan rings is 1. The maximum Gasteiger partial charge on any atom is 0.433 e. The van der Waals surface area contributed by atoms with E-state index < -0.39 is 11.9 Å². The lowest BCUT2D eigenvalue weighted by Crippen LogP contribution is -2.31. The maximum absolute atomic E-state index is 13.3. The smallest absolute Gasteiger partial charge is 0.433 e. The molecule has 2 aliphatic heterocycles. The number of hydrogen-bond acceptors (Lipinski definition) is 7. The van der Waals surface area contributed by atoms with Crippen LogP contribution in [-0.4, -0.2) is 48.2 Å². The topological polar surface area (TPSA) is 80.5 Å². The minimum Gasteiger partial charge on any atom is -0.455 e. The Kier molecular flexibility index (Phi) is 6.71. The van der Waals surface area contributed by atoms with Crippen LogP contribution in [0.2, 0.25) is 0 Å². The molecule has 2 fully saturated rings. The maximum atomic E-state index is 13.3. The summed E-state index contributed by atoms with van der Waals surface area (Å²) in [5, 5.41) is 2.80. The monoisotopic (exact) mass is 456 g/mol. The molecule has 1 atom stereocenters. The van der Waals surface area contributed by atoms with Gasteiger partial charge in [0.25, 0.3) is 5.91 Å². The Morgan fingerprint density at radius 2 is 2.03 bits per heavy atom. The van der Waals surface area contributed by atoms with Crippen LogP contribution >= 0.6 is 11.8 Å². The molecule has 4 rings (SSSR count). The fourth-order valence-electron chi connectivity index (χ4n) is 3.54. The lowest BCUT2D eigenvalue weighted by molar-refractivity contribution is -0.141.